The van der Waals surface area contributed by atoms with E-state index in [0.29, 0.717) is 16.5 Å². The van der Waals surface area contributed by atoms with Gasteiger partial charge in [-0.05, 0) is 18.9 Å². The van der Waals surface area contributed by atoms with Gasteiger partial charge in [-0.1, -0.05) is 31.0 Å². The standard InChI is InChI=1S/C15H16N2O3/c18-14(19)9-13-11-7-3-4-8-12(11)15(20)17(16-13)10-5-1-2-6-10/h3-4,7-8,10H,1-2,5-6,9H2,(H,18,19). The molecule has 0 unspecified atom stereocenters. The molecule has 1 aliphatic carbocycles. The number of carboxylic acid groups (broad SMARTS) is 1. The monoisotopic (exact) mass is 272 g/mol. The summed E-state index contributed by atoms with van der Waals surface area (Å²) in [6, 6.07) is 7.22. The highest BCUT2D eigenvalue weighted by Gasteiger charge is 2.21. The van der Waals surface area contributed by atoms with Crippen molar-refractivity contribution in [3.8, 4) is 0 Å². The quantitative estimate of drug-likeness (QED) is 0.929. The number of hydrogen-bond acceptors (Lipinski definition) is 3. The predicted molar refractivity (Wildman–Crippen MR) is 74.8 cm³/mol. The molecule has 0 amide bonds. The van der Waals surface area contributed by atoms with Crippen molar-refractivity contribution in [3.05, 3.63) is 40.3 Å². The van der Waals surface area contributed by atoms with Gasteiger partial charge >= 0.3 is 5.97 Å². The highest BCUT2D eigenvalue weighted by molar-refractivity contribution is 5.86. The van der Waals surface area contributed by atoms with Gasteiger partial charge in [0.2, 0.25) is 0 Å². The van der Waals surface area contributed by atoms with Crippen molar-refractivity contribution < 1.29 is 9.90 Å². The topological polar surface area (TPSA) is 72.2 Å². The maximum Gasteiger partial charge on any atom is 0.309 e. The van der Waals surface area contributed by atoms with Crippen LogP contribution < -0.4 is 5.56 Å². The van der Waals surface area contributed by atoms with Crippen molar-refractivity contribution in [1.82, 2.24) is 9.78 Å². The summed E-state index contributed by atoms with van der Waals surface area (Å²) in [6.07, 6.45) is 3.92. The molecule has 20 heavy (non-hydrogen) atoms. The molecule has 0 radical (unpaired) electrons. The van der Waals surface area contributed by atoms with E-state index in [1.807, 2.05) is 0 Å². The summed E-state index contributed by atoms with van der Waals surface area (Å²) in [5, 5.41) is 14.6. The Morgan fingerprint density at radius 1 is 1.25 bits per heavy atom. The second kappa shape index (κ2) is 5.07. The molecule has 0 saturated heterocycles. The van der Waals surface area contributed by atoms with Crippen LogP contribution in [-0.4, -0.2) is 20.9 Å². The Bertz CT molecular complexity index is 715. The van der Waals surface area contributed by atoms with E-state index in [9.17, 15) is 9.59 Å². The molecule has 1 fully saturated rings. The molecule has 5 nitrogen and oxygen atoms in total. The van der Waals surface area contributed by atoms with Crippen LogP contribution in [0.25, 0.3) is 10.8 Å². The fourth-order valence-corrected chi connectivity index (χ4v) is 2.94. The number of carboxylic acids is 1. The molecule has 1 saturated carbocycles. The number of aromatic nitrogens is 2. The van der Waals surface area contributed by atoms with Gasteiger partial charge in [-0.25, -0.2) is 4.68 Å². The van der Waals surface area contributed by atoms with Crippen LogP contribution in [0.1, 0.15) is 37.4 Å². The van der Waals surface area contributed by atoms with E-state index in [4.69, 9.17) is 5.11 Å². The number of carbonyl (C=O) groups is 1. The largest absolute Gasteiger partial charge is 0.481 e. The third-order valence-electron chi connectivity index (χ3n) is 3.89. The zero-order chi connectivity index (χ0) is 14.1. The minimum absolute atomic E-state index is 0.110. The Morgan fingerprint density at radius 2 is 1.90 bits per heavy atom. The van der Waals surface area contributed by atoms with Gasteiger partial charge in [0.25, 0.3) is 5.56 Å². The molecule has 0 bridgehead atoms. The Labute approximate surface area is 115 Å². The molecular formula is C15H16N2O3. The molecule has 1 heterocycles. The molecule has 104 valence electrons. The molecular weight excluding hydrogens is 256 g/mol. The lowest BCUT2D eigenvalue weighted by Gasteiger charge is -2.15. The van der Waals surface area contributed by atoms with Crippen molar-refractivity contribution in [1.29, 1.82) is 0 Å². The minimum Gasteiger partial charge on any atom is -0.481 e. The summed E-state index contributed by atoms with van der Waals surface area (Å²) in [5.41, 5.74) is 0.362. The molecule has 2 aromatic rings. The van der Waals surface area contributed by atoms with E-state index in [-0.39, 0.29) is 18.0 Å². The Kier molecular flexibility index (Phi) is 3.26. The number of nitrogens with zero attached hydrogens (tertiary/aromatic N) is 2. The Morgan fingerprint density at radius 3 is 2.55 bits per heavy atom. The SMILES string of the molecule is O=C(O)Cc1nn(C2CCCC2)c(=O)c2ccccc12. The number of benzene rings is 1. The van der Waals surface area contributed by atoms with E-state index in [2.05, 4.69) is 5.10 Å². The van der Waals surface area contributed by atoms with Crippen LogP contribution in [0.5, 0.6) is 0 Å². The number of aliphatic carboxylic acids is 1. The van der Waals surface area contributed by atoms with E-state index in [1.54, 1.807) is 24.3 Å². The molecule has 0 aliphatic heterocycles. The zero-order valence-electron chi connectivity index (χ0n) is 11.1. The Hall–Kier alpha value is -2.17. The van der Waals surface area contributed by atoms with E-state index in [1.165, 1.54) is 4.68 Å². The maximum atomic E-state index is 12.5. The van der Waals surface area contributed by atoms with Crippen LogP contribution in [-0.2, 0) is 11.2 Å². The van der Waals surface area contributed by atoms with Crippen molar-refractivity contribution in [2.75, 3.05) is 0 Å². The molecule has 3 rings (SSSR count). The maximum absolute atomic E-state index is 12.5. The zero-order valence-corrected chi connectivity index (χ0v) is 11.1. The normalized spacial score (nSPS) is 15.8. The fourth-order valence-electron chi connectivity index (χ4n) is 2.94. The van der Waals surface area contributed by atoms with Gasteiger partial charge in [0.15, 0.2) is 0 Å². The van der Waals surface area contributed by atoms with E-state index < -0.39 is 5.97 Å². The van der Waals surface area contributed by atoms with Crippen LogP contribution in [0.2, 0.25) is 0 Å². The van der Waals surface area contributed by atoms with Crippen LogP contribution in [0.4, 0.5) is 0 Å². The highest BCUT2D eigenvalue weighted by atomic mass is 16.4. The summed E-state index contributed by atoms with van der Waals surface area (Å²) in [4.78, 5) is 23.5. The number of hydrogen-bond donors (Lipinski definition) is 1. The van der Waals surface area contributed by atoms with Crippen molar-refractivity contribution in [2.24, 2.45) is 0 Å². The van der Waals surface area contributed by atoms with Gasteiger partial charge in [0, 0.05) is 5.39 Å². The van der Waals surface area contributed by atoms with Crippen LogP contribution >= 0.6 is 0 Å². The van der Waals surface area contributed by atoms with Gasteiger partial charge in [-0.15, -0.1) is 0 Å². The van der Waals surface area contributed by atoms with Gasteiger partial charge in [0.05, 0.1) is 23.5 Å². The molecule has 1 aromatic carbocycles. The van der Waals surface area contributed by atoms with Gasteiger partial charge in [0.1, 0.15) is 0 Å². The molecule has 5 heteroatoms. The summed E-state index contributed by atoms with van der Waals surface area (Å²) >= 11 is 0. The average molecular weight is 272 g/mol. The second-order valence-electron chi connectivity index (χ2n) is 5.25. The van der Waals surface area contributed by atoms with Crippen molar-refractivity contribution in [2.45, 2.75) is 38.1 Å². The lowest BCUT2D eigenvalue weighted by Crippen LogP contribution is -2.28. The minimum atomic E-state index is -0.931. The fraction of sp³-hybridized carbons (Fsp3) is 0.400. The van der Waals surface area contributed by atoms with Crippen molar-refractivity contribution >= 4 is 16.7 Å². The molecule has 0 spiro atoms. The Balaban J connectivity index is 2.22. The molecule has 1 aliphatic rings. The predicted octanol–water partition coefficient (Wildman–Crippen LogP) is 2.14. The van der Waals surface area contributed by atoms with Gasteiger partial charge in [-0.3, -0.25) is 9.59 Å². The van der Waals surface area contributed by atoms with E-state index in [0.717, 1.165) is 25.7 Å². The summed E-state index contributed by atoms with van der Waals surface area (Å²) < 4.78 is 1.51. The van der Waals surface area contributed by atoms with E-state index >= 15 is 0 Å². The highest BCUT2D eigenvalue weighted by Crippen LogP contribution is 2.28. The lowest BCUT2D eigenvalue weighted by molar-refractivity contribution is -0.136. The van der Waals surface area contributed by atoms with Crippen LogP contribution in [0.3, 0.4) is 0 Å². The smallest absolute Gasteiger partial charge is 0.309 e. The average Bonchev–Trinajstić information content (AvgIpc) is 2.95. The summed E-state index contributed by atoms with van der Waals surface area (Å²) in [7, 11) is 0. The molecule has 0 atom stereocenters. The first kappa shape index (κ1) is 12.8. The second-order valence-corrected chi connectivity index (χ2v) is 5.25. The summed E-state index contributed by atoms with van der Waals surface area (Å²) in [5.74, 6) is -0.931. The lowest BCUT2D eigenvalue weighted by atomic mass is 10.1. The van der Waals surface area contributed by atoms with Crippen molar-refractivity contribution in [3.63, 3.8) is 0 Å². The molecule has 1 aromatic heterocycles. The first-order valence-corrected chi connectivity index (χ1v) is 6.89. The van der Waals surface area contributed by atoms with Crippen LogP contribution in [0.15, 0.2) is 29.1 Å². The van der Waals surface area contributed by atoms with Gasteiger partial charge in [-0.2, -0.15) is 5.10 Å². The summed E-state index contributed by atoms with van der Waals surface area (Å²) in [6.45, 7) is 0. The number of rotatable bonds is 3. The first-order chi connectivity index (χ1) is 9.66. The van der Waals surface area contributed by atoms with Crippen LogP contribution in [0, 0.1) is 0 Å². The third-order valence-corrected chi connectivity index (χ3v) is 3.89. The third kappa shape index (κ3) is 2.19. The molecule has 1 N–H and O–H groups in total. The first-order valence-electron chi connectivity index (χ1n) is 6.89. The van der Waals surface area contributed by atoms with Gasteiger partial charge < -0.3 is 5.11 Å². The number of fused-ring (bicyclic) bond motifs is 1.